The van der Waals surface area contributed by atoms with Crippen molar-refractivity contribution in [3.05, 3.63) is 89.1 Å². The number of pyridine rings is 1. The van der Waals surface area contributed by atoms with Crippen LogP contribution < -0.4 is 5.56 Å². The van der Waals surface area contributed by atoms with Crippen molar-refractivity contribution in [1.29, 1.82) is 0 Å². The summed E-state index contributed by atoms with van der Waals surface area (Å²) in [5.74, 6) is 0.0587. The van der Waals surface area contributed by atoms with Crippen LogP contribution in [-0.2, 0) is 0 Å². The van der Waals surface area contributed by atoms with Crippen molar-refractivity contribution in [2.45, 2.75) is 0 Å². The van der Waals surface area contributed by atoms with Crippen LogP contribution in [0.1, 0.15) is 0 Å². The normalized spacial score (nSPS) is 11.1. The molecule has 29 heavy (non-hydrogen) atoms. The Kier molecular flexibility index (Phi) is 3.94. The van der Waals surface area contributed by atoms with Gasteiger partial charge in [-0.15, -0.1) is 0 Å². The lowest BCUT2D eigenvalue weighted by Crippen LogP contribution is -2.22. The van der Waals surface area contributed by atoms with Crippen molar-refractivity contribution in [1.82, 2.24) is 24.9 Å². The quantitative estimate of drug-likeness (QED) is 0.471. The molecular weight excluding hydrogens is 373 g/mol. The summed E-state index contributed by atoms with van der Waals surface area (Å²) >= 11 is 0. The van der Waals surface area contributed by atoms with Crippen LogP contribution in [0.4, 0.5) is 4.39 Å². The molecule has 0 saturated carbocycles. The molecule has 2 aromatic carbocycles. The molecule has 140 valence electrons. The minimum atomic E-state index is -0.403. The maximum atomic E-state index is 13.3. The molecule has 7 nitrogen and oxygen atoms in total. The summed E-state index contributed by atoms with van der Waals surface area (Å²) in [6.45, 7) is 0. The average Bonchev–Trinajstić information content (AvgIpc) is 3.26. The maximum Gasteiger partial charge on any atom is 0.279 e. The molecule has 5 aromatic rings. The van der Waals surface area contributed by atoms with E-state index in [-0.39, 0.29) is 11.4 Å². The van der Waals surface area contributed by atoms with Gasteiger partial charge in [0.25, 0.3) is 11.4 Å². The van der Waals surface area contributed by atoms with Crippen LogP contribution in [0.25, 0.3) is 39.6 Å². The van der Waals surface area contributed by atoms with Crippen LogP contribution in [0.2, 0.25) is 0 Å². The highest BCUT2D eigenvalue weighted by molar-refractivity contribution is 5.92. The van der Waals surface area contributed by atoms with E-state index in [0.717, 1.165) is 0 Å². The van der Waals surface area contributed by atoms with E-state index in [2.05, 4.69) is 20.2 Å². The van der Waals surface area contributed by atoms with E-state index in [1.807, 2.05) is 6.07 Å². The molecule has 0 fully saturated rings. The van der Waals surface area contributed by atoms with Crippen LogP contribution in [0.3, 0.4) is 0 Å². The monoisotopic (exact) mass is 385 g/mol. The molecular formula is C21H12FN5O2. The topological polar surface area (TPSA) is 86.7 Å². The fraction of sp³-hybridized carbons (Fsp3) is 0. The van der Waals surface area contributed by atoms with Gasteiger partial charge in [-0.2, -0.15) is 14.8 Å². The molecule has 0 atom stereocenters. The maximum absolute atomic E-state index is 13.3. The average molecular weight is 385 g/mol. The Morgan fingerprint density at radius 3 is 2.41 bits per heavy atom. The lowest BCUT2D eigenvalue weighted by atomic mass is 10.1. The van der Waals surface area contributed by atoms with Crippen molar-refractivity contribution in [2.24, 2.45) is 0 Å². The van der Waals surface area contributed by atoms with Crippen molar-refractivity contribution < 1.29 is 8.91 Å². The van der Waals surface area contributed by atoms with E-state index < -0.39 is 5.82 Å². The third-order valence-corrected chi connectivity index (χ3v) is 4.40. The molecule has 0 spiro atoms. The van der Waals surface area contributed by atoms with Gasteiger partial charge in [0, 0.05) is 11.6 Å². The first-order valence-electron chi connectivity index (χ1n) is 8.74. The Labute approximate surface area is 163 Å². The minimum absolute atomic E-state index is 0.151. The smallest absolute Gasteiger partial charge is 0.279 e. The fourth-order valence-corrected chi connectivity index (χ4v) is 3.02. The molecule has 0 unspecified atom stereocenters. The van der Waals surface area contributed by atoms with E-state index in [4.69, 9.17) is 4.52 Å². The molecule has 0 bridgehead atoms. The SMILES string of the molecule is O=c1c2ccccc2c(-c2nc(-c3ccccn3)no2)nn1-c1ccc(F)cc1. The molecule has 0 aliphatic rings. The summed E-state index contributed by atoms with van der Waals surface area (Å²) in [6, 6.07) is 17.9. The number of fused-ring (bicyclic) bond motifs is 1. The Balaban J connectivity index is 1.74. The minimum Gasteiger partial charge on any atom is -0.332 e. The molecule has 0 N–H and O–H groups in total. The van der Waals surface area contributed by atoms with E-state index >= 15 is 0 Å². The van der Waals surface area contributed by atoms with Gasteiger partial charge in [0.1, 0.15) is 11.5 Å². The summed E-state index contributed by atoms with van der Waals surface area (Å²) in [6.07, 6.45) is 1.63. The molecule has 0 aliphatic carbocycles. The molecule has 0 saturated heterocycles. The van der Waals surface area contributed by atoms with E-state index in [1.54, 1.807) is 42.6 Å². The Bertz CT molecular complexity index is 1380. The fourth-order valence-electron chi connectivity index (χ4n) is 3.02. The summed E-state index contributed by atoms with van der Waals surface area (Å²) in [7, 11) is 0. The standard InChI is InChI=1S/C21H12FN5O2/c22-13-8-10-14(11-9-13)27-21(28)16-6-2-1-5-15(16)18(25-27)20-24-19(26-29-20)17-7-3-4-12-23-17/h1-12H. The lowest BCUT2D eigenvalue weighted by Gasteiger charge is -2.09. The number of halogens is 1. The van der Waals surface area contributed by atoms with Gasteiger partial charge in [-0.25, -0.2) is 4.39 Å². The molecule has 5 rings (SSSR count). The molecule has 3 aromatic heterocycles. The molecule has 0 amide bonds. The predicted octanol–water partition coefficient (Wildman–Crippen LogP) is 3.64. The van der Waals surface area contributed by atoms with Crippen LogP contribution in [-0.4, -0.2) is 24.9 Å². The Hall–Kier alpha value is -4.20. The first-order valence-corrected chi connectivity index (χ1v) is 8.74. The van der Waals surface area contributed by atoms with Crippen LogP contribution in [0, 0.1) is 5.82 Å². The number of benzene rings is 2. The molecule has 8 heteroatoms. The highest BCUT2D eigenvalue weighted by atomic mass is 19.1. The second kappa shape index (κ2) is 6.75. The highest BCUT2D eigenvalue weighted by Gasteiger charge is 2.19. The van der Waals surface area contributed by atoms with Gasteiger partial charge < -0.3 is 4.52 Å². The Morgan fingerprint density at radius 1 is 0.897 bits per heavy atom. The first-order chi connectivity index (χ1) is 14.2. The zero-order valence-corrected chi connectivity index (χ0v) is 14.9. The van der Waals surface area contributed by atoms with Crippen molar-refractivity contribution >= 4 is 10.8 Å². The molecule has 3 heterocycles. The van der Waals surface area contributed by atoms with Gasteiger partial charge >= 0.3 is 0 Å². The molecule has 0 radical (unpaired) electrons. The van der Waals surface area contributed by atoms with E-state index in [1.165, 1.54) is 28.9 Å². The number of hydrogen-bond donors (Lipinski definition) is 0. The van der Waals surface area contributed by atoms with Crippen molar-refractivity contribution in [3.63, 3.8) is 0 Å². The zero-order valence-electron chi connectivity index (χ0n) is 14.9. The van der Waals surface area contributed by atoms with Crippen molar-refractivity contribution in [2.75, 3.05) is 0 Å². The van der Waals surface area contributed by atoms with Gasteiger partial charge in [-0.05, 0) is 42.5 Å². The Morgan fingerprint density at radius 2 is 1.66 bits per heavy atom. The summed E-state index contributed by atoms with van der Waals surface area (Å²) in [4.78, 5) is 21.6. The summed E-state index contributed by atoms with van der Waals surface area (Å²) < 4.78 is 19.9. The largest absolute Gasteiger partial charge is 0.332 e. The number of rotatable bonds is 3. The van der Waals surface area contributed by atoms with Crippen LogP contribution in [0.15, 0.2) is 82.2 Å². The van der Waals surface area contributed by atoms with Crippen molar-refractivity contribution in [3.8, 4) is 28.8 Å². The summed E-state index contributed by atoms with van der Waals surface area (Å²) in [5, 5.41) is 9.43. The highest BCUT2D eigenvalue weighted by Crippen LogP contribution is 2.25. The second-order valence-electron chi connectivity index (χ2n) is 6.23. The molecule has 0 aliphatic heterocycles. The van der Waals surface area contributed by atoms with E-state index in [9.17, 15) is 9.18 Å². The van der Waals surface area contributed by atoms with Gasteiger partial charge in [0.05, 0.1) is 11.1 Å². The van der Waals surface area contributed by atoms with Gasteiger partial charge in [-0.3, -0.25) is 9.78 Å². The second-order valence-corrected chi connectivity index (χ2v) is 6.23. The number of hydrogen-bond acceptors (Lipinski definition) is 6. The number of aromatic nitrogens is 5. The van der Waals surface area contributed by atoms with E-state index in [0.29, 0.717) is 33.7 Å². The first kappa shape index (κ1) is 16.9. The van der Waals surface area contributed by atoms with Gasteiger partial charge in [0.2, 0.25) is 5.82 Å². The third kappa shape index (κ3) is 2.96. The number of nitrogens with zero attached hydrogens (tertiary/aromatic N) is 5. The predicted molar refractivity (Wildman–Crippen MR) is 104 cm³/mol. The zero-order chi connectivity index (χ0) is 19.8. The lowest BCUT2D eigenvalue weighted by molar-refractivity contribution is 0.430. The third-order valence-electron chi connectivity index (χ3n) is 4.40. The van der Waals surface area contributed by atoms with Gasteiger partial charge in [0.15, 0.2) is 5.69 Å². The summed E-state index contributed by atoms with van der Waals surface area (Å²) in [5.41, 5.74) is 0.992. The van der Waals surface area contributed by atoms with Gasteiger partial charge in [-0.1, -0.05) is 29.4 Å². The van der Waals surface area contributed by atoms with Crippen LogP contribution >= 0.6 is 0 Å². The van der Waals surface area contributed by atoms with Crippen LogP contribution in [0.5, 0.6) is 0 Å².